The van der Waals surface area contributed by atoms with Crippen LogP contribution < -0.4 is 10.6 Å². The second kappa shape index (κ2) is 6.19. The number of fused-ring (bicyclic) bond motifs is 3. The zero-order valence-electron chi connectivity index (χ0n) is 13.8. The third-order valence-corrected chi connectivity index (χ3v) is 4.90. The number of esters is 1. The summed E-state index contributed by atoms with van der Waals surface area (Å²) in [6, 6.07) is 8.49. The molecule has 130 valence electrons. The lowest BCUT2D eigenvalue weighted by Crippen LogP contribution is -2.39. The molecule has 3 atom stereocenters. The van der Waals surface area contributed by atoms with Crippen LogP contribution in [0.1, 0.15) is 27.5 Å². The smallest absolute Gasteiger partial charge is 0.360 e. The molecule has 0 saturated heterocycles. The molecule has 0 radical (unpaired) electrons. The molecule has 1 aromatic heterocycles. The first-order chi connectivity index (χ1) is 12.2. The van der Waals surface area contributed by atoms with Gasteiger partial charge in [-0.2, -0.15) is 0 Å². The van der Waals surface area contributed by atoms with Gasteiger partial charge in [-0.05, 0) is 23.5 Å². The van der Waals surface area contributed by atoms with Crippen LogP contribution in [-0.4, -0.2) is 46.7 Å². The maximum absolute atomic E-state index is 12.0. The van der Waals surface area contributed by atoms with Crippen molar-refractivity contribution < 1.29 is 14.3 Å². The second-order valence-electron chi connectivity index (χ2n) is 6.38. The largest absolute Gasteiger partial charge is 0.464 e. The van der Waals surface area contributed by atoms with Gasteiger partial charge in [0, 0.05) is 18.5 Å². The number of benzene rings is 1. The molecule has 25 heavy (non-hydrogen) atoms. The van der Waals surface area contributed by atoms with Gasteiger partial charge in [-0.15, -0.1) is 5.10 Å². The average molecular weight is 341 g/mol. The lowest BCUT2D eigenvalue weighted by atomic mass is 10.1. The molecule has 1 aromatic carbocycles. The van der Waals surface area contributed by atoms with E-state index in [1.165, 1.54) is 29.1 Å². The molecule has 2 amide bonds. The molecular formula is C17H19N5O3. The molecule has 8 nitrogen and oxygen atoms in total. The van der Waals surface area contributed by atoms with Crippen LogP contribution in [0.25, 0.3) is 0 Å². The van der Waals surface area contributed by atoms with Gasteiger partial charge in [0.2, 0.25) is 0 Å². The van der Waals surface area contributed by atoms with E-state index in [0.717, 1.165) is 6.42 Å². The first-order valence-electron chi connectivity index (χ1n) is 8.28. The van der Waals surface area contributed by atoms with Gasteiger partial charge >= 0.3 is 12.0 Å². The maximum atomic E-state index is 12.0. The Hall–Kier alpha value is -2.90. The summed E-state index contributed by atoms with van der Waals surface area (Å²) in [6.45, 7) is 0.826. The number of urea groups is 1. The predicted molar refractivity (Wildman–Crippen MR) is 88.1 cm³/mol. The molecule has 4 rings (SSSR count). The summed E-state index contributed by atoms with van der Waals surface area (Å²) in [7, 11) is 1.29. The number of hydrogen-bond donors (Lipinski definition) is 2. The van der Waals surface area contributed by atoms with Gasteiger partial charge in [0.05, 0.1) is 19.9 Å². The van der Waals surface area contributed by atoms with Gasteiger partial charge in [0.1, 0.15) is 0 Å². The van der Waals surface area contributed by atoms with E-state index in [1.807, 2.05) is 0 Å². The monoisotopic (exact) mass is 341 g/mol. The number of nitrogens with zero attached hydrogens (tertiary/aromatic N) is 3. The maximum Gasteiger partial charge on any atom is 0.360 e. The fraction of sp³-hybridized carbons (Fsp3) is 0.412. The molecule has 1 fully saturated rings. The Labute approximate surface area is 144 Å². The van der Waals surface area contributed by atoms with Gasteiger partial charge in [-0.25, -0.2) is 14.3 Å². The van der Waals surface area contributed by atoms with Crippen LogP contribution in [-0.2, 0) is 17.7 Å². The summed E-state index contributed by atoms with van der Waals surface area (Å²) in [5, 5.41) is 13.4. The first-order valence-corrected chi connectivity index (χ1v) is 8.28. The highest BCUT2D eigenvalue weighted by atomic mass is 16.5. The molecular weight excluding hydrogens is 322 g/mol. The van der Waals surface area contributed by atoms with Crippen LogP contribution >= 0.6 is 0 Å². The van der Waals surface area contributed by atoms with Crippen molar-refractivity contribution in [1.82, 2.24) is 25.6 Å². The SMILES string of the molecule is COC(=O)c1cn(CCNC(=O)N[C@@H]2[C@@H]3Cc4ccccc4[C@H]32)nn1. The zero-order chi connectivity index (χ0) is 17.4. The summed E-state index contributed by atoms with van der Waals surface area (Å²) in [6.07, 6.45) is 2.54. The van der Waals surface area contributed by atoms with Crippen LogP contribution in [0.4, 0.5) is 4.79 Å². The van der Waals surface area contributed by atoms with Gasteiger partial charge < -0.3 is 15.4 Å². The van der Waals surface area contributed by atoms with E-state index >= 15 is 0 Å². The number of ether oxygens (including phenoxy) is 1. The van der Waals surface area contributed by atoms with E-state index in [4.69, 9.17) is 0 Å². The van der Waals surface area contributed by atoms with Crippen LogP contribution in [0, 0.1) is 5.92 Å². The van der Waals surface area contributed by atoms with Crippen molar-refractivity contribution in [3.8, 4) is 0 Å². The molecule has 1 saturated carbocycles. The van der Waals surface area contributed by atoms with Crippen molar-refractivity contribution in [2.24, 2.45) is 5.92 Å². The summed E-state index contributed by atoms with van der Waals surface area (Å²) in [5.41, 5.74) is 2.93. The molecule has 0 aliphatic heterocycles. The summed E-state index contributed by atoms with van der Waals surface area (Å²) >= 11 is 0. The van der Waals surface area contributed by atoms with Crippen molar-refractivity contribution in [1.29, 1.82) is 0 Å². The third kappa shape index (κ3) is 2.95. The molecule has 1 heterocycles. The summed E-state index contributed by atoms with van der Waals surface area (Å²) in [5.74, 6) is 0.457. The quantitative estimate of drug-likeness (QED) is 0.780. The Morgan fingerprint density at radius 2 is 2.20 bits per heavy atom. The van der Waals surface area contributed by atoms with Crippen molar-refractivity contribution in [3.05, 3.63) is 47.3 Å². The molecule has 2 aliphatic carbocycles. The zero-order valence-corrected chi connectivity index (χ0v) is 13.8. The lowest BCUT2D eigenvalue weighted by molar-refractivity contribution is 0.0594. The minimum absolute atomic E-state index is 0.149. The fourth-order valence-corrected chi connectivity index (χ4v) is 3.64. The number of carbonyl (C=O) groups is 2. The highest BCUT2D eigenvalue weighted by molar-refractivity contribution is 5.86. The standard InChI is InChI=1S/C17H19N5O3/c1-25-16(23)13-9-22(21-20-13)7-6-18-17(24)19-15-12-8-10-4-2-3-5-11(10)14(12)15/h2-5,9,12,14-15H,6-8H2,1H3,(H2,18,19,24)/t12-,14-,15-/m1/s1. The number of amides is 2. The number of rotatable bonds is 5. The fourth-order valence-electron chi connectivity index (χ4n) is 3.64. The number of nitrogens with one attached hydrogen (secondary N) is 2. The van der Waals surface area contributed by atoms with E-state index in [9.17, 15) is 9.59 Å². The van der Waals surface area contributed by atoms with Gasteiger partial charge in [0.25, 0.3) is 0 Å². The van der Waals surface area contributed by atoms with Crippen LogP contribution in [0.15, 0.2) is 30.5 Å². The molecule has 2 aromatic rings. The van der Waals surface area contributed by atoms with Crippen LogP contribution in [0.2, 0.25) is 0 Å². The van der Waals surface area contributed by atoms with Gasteiger partial charge in [-0.3, -0.25) is 0 Å². The number of aromatic nitrogens is 3. The van der Waals surface area contributed by atoms with Crippen molar-refractivity contribution in [2.75, 3.05) is 13.7 Å². The molecule has 2 N–H and O–H groups in total. The van der Waals surface area contributed by atoms with E-state index in [-0.39, 0.29) is 17.8 Å². The Kier molecular flexibility index (Phi) is 3.87. The van der Waals surface area contributed by atoms with E-state index in [2.05, 4.69) is 49.9 Å². The molecule has 0 unspecified atom stereocenters. The minimum Gasteiger partial charge on any atom is -0.464 e. The van der Waals surface area contributed by atoms with E-state index in [1.54, 1.807) is 0 Å². The number of carbonyl (C=O) groups excluding carboxylic acids is 2. The Bertz CT molecular complexity index is 818. The van der Waals surface area contributed by atoms with E-state index < -0.39 is 5.97 Å². The Morgan fingerprint density at radius 1 is 1.36 bits per heavy atom. The lowest BCUT2D eigenvalue weighted by Gasteiger charge is -2.10. The van der Waals surface area contributed by atoms with Crippen molar-refractivity contribution in [3.63, 3.8) is 0 Å². The Balaban J connectivity index is 1.22. The van der Waals surface area contributed by atoms with Crippen molar-refractivity contribution >= 4 is 12.0 Å². The molecule has 8 heteroatoms. The molecule has 0 bridgehead atoms. The number of methoxy groups -OCH3 is 1. The molecule has 0 spiro atoms. The average Bonchev–Trinajstić information content (AvgIpc) is 3.00. The third-order valence-electron chi connectivity index (χ3n) is 4.90. The highest BCUT2D eigenvalue weighted by Crippen LogP contribution is 2.56. The summed E-state index contributed by atoms with van der Waals surface area (Å²) < 4.78 is 6.06. The van der Waals surface area contributed by atoms with Gasteiger partial charge in [0.15, 0.2) is 5.69 Å². The molecule has 2 aliphatic rings. The minimum atomic E-state index is -0.530. The number of hydrogen-bond acceptors (Lipinski definition) is 5. The first kappa shape index (κ1) is 15.6. The topological polar surface area (TPSA) is 98.1 Å². The normalized spacial score (nSPS) is 22.7. The van der Waals surface area contributed by atoms with Crippen LogP contribution in [0.5, 0.6) is 0 Å². The van der Waals surface area contributed by atoms with Gasteiger partial charge in [-0.1, -0.05) is 29.5 Å². The Morgan fingerprint density at radius 3 is 3.04 bits per heavy atom. The predicted octanol–water partition coefficient (Wildman–Crippen LogP) is 0.702. The highest BCUT2D eigenvalue weighted by Gasteiger charge is 2.56. The van der Waals surface area contributed by atoms with Crippen LogP contribution in [0.3, 0.4) is 0 Å². The van der Waals surface area contributed by atoms with E-state index in [0.29, 0.717) is 24.9 Å². The van der Waals surface area contributed by atoms with Crippen molar-refractivity contribution in [2.45, 2.75) is 24.9 Å². The second-order valence-corrected chi connectivity index (χ2v) is 6.38. The summed E-state index contributed by atoms with van der Waals surface area (Å²) in [4.78, 5) is 23.3.